The van der Waals surface area contributed by atoms with Gasteiger partial charge in [0.05, 0.1) is 12.2 Å². The van der Waals surface area contributed by atoms with Crippen molar-refractivity contribution in [1.82, 2.24) is 5.32 Å². The first kappa shape index (κ1) is 21.6. The van der Waals surface area contributed by atoms with E-state index in [0.717, 1.165) is 57.1 Å². The van der Waals surface area contributed by atoms with Crippen molar-refractivity contribution in [1.29, 1.82) is 0 Å². The number of piperidine rings is 1. The monoisotopic (exact) mass is 425 g/mol. The fraction of sp³-hybridized carbons (Fsp3) is 0.741. The van der Waals surface area contributed by atoms with Gasteiger partial charge in [0.15, 0.2) is 5.78 Å². The van der Waals surface area contributed by atoms with E-state index in [1.54, 1.807) is 0 Å². The lowest BCUT2D eigenvalue weighted by Crippen LogP contribution is -2.52. The number of carbonyl (C=O) groups excluding carboxylic acids is 1. The quantitative estimate of drug-likeness (QED) is 0.583. The molecular weight excluding hydrogens is 386 g/mol. The van der Waals surface area contributed by atoms with Crippen LogP contribution in [-0.2, 0) is 4.79 Å². The predicted octanol–water partition coefficient (Wildman–Crippen LogP) is 4.08. The minimum atomic E-state index is -0.318. The Morgan fingerprint density at radius 1 is 1.26 bits per heavy atom. The number of nitrogens with one attached hydrogen (secondary N) is 1. The molecule has 0 bridgehead atoms. The lowest BCUT2D eigenvalue weighted by atomic mass is 9.62. The van der Waals surface area contributed by atoms with Crippen molar-refractivity contribution in [3.05, 3.63) is 33.9 Å². The number of Topliss-reactive ketones (excluding diaryl/α,β-unsaturated/α-hetero) is 1. The molecule has 0 radical (unpaired) electrons. The van der Waals surface area contributed by atoms with E-state index in [2.05, 4.69) is 39.1 Å². The molecule has 0 amide bonds. The maximum absolute atomic E-state index is 13.9. The molecular formula is C27H39NO3. The van der Waals surface area contributed by atoms with Gasteiger partial charge >= 0.3 is 0 Å². The normalized spacial score (nSPS) is 43.9. The van der Waals surface area contributed by atoms with E-state index in [9.17, 15) is 15.0 Å². The second kappa shape index (κ2) is 7.67. The number of ketones is 1. The Labute approximate surface area is 186 Å². The van der Waals surface area contributed by atoms with E-state index in [1.807, 2.05) is 0 Å². The Balaban J connectivity index is 1.44. The number of aliphatic hydroxyl groups is 2. The fourth-order valence-corrected chi connectivity index (χ4v) is 7.76. The molecule has 4 nitrogen and oxygen atoms in total. The second-order valence-corrected chi connectivity index (χ2v) is 11.4. The zero-order valence-corrected chi connectivity index (χ0v) is 19.6. The summed E-state index contributed by atoms with van der Waals surface area (Å²) in [4.78, 5) is 13.9. The molecule has 0 aromatic carbocycles. The molecule has 0 aromatic rings. The molecule has 0 aromatic heterocycles. The van der Waals surface area contributed by atoms with Crippen LogP contribution in [0.3, 0.4) is 0 Å². The van der Waals surface area contributed by atoms with Gasteiger partial charge in [0, 0.05) is 22.9 Å². The van der Waals surface area contributed by atoms with Crippen LogP contribution in [0.4, 0.5) is 0 Å². The number of aliphatic hydroxyl groups excluding tert-OH is 2. The van der Waals surface area contributed by atoms with Gasteiger partial charge in [0.25, 0.3) is 0 Å². The van der Waals surface area contributed by atoms with Gasteiger partial charge in [0.1, 0.15) is 0 Å². The molecule has 1 saturated heterocycles. The van der Waals surface area contributed by atoms with Crippen molar-refractivity contribution in [2.45, 2.75) is 90.9 Å². The van der Waals surface area contributed by atoms with Crippen LogP contribution >= 0.6 is 0 Å². The largest absolute Gasteiger partial charge is 0.393 e. The van der Waals surface area contributed by atoms with Gasteiger partial charge in [-0.2, -0.15) is 0 Å². The molecule has 1 aliphatic heterocycles. The molecule has 5 aliphatic rings. The third kappa shape index (κ3) is 3.24. The van der Waals surface area contributed by atoms with Crippen molar-refractivity contribution >= 4 is 5.78 Å². The first-order valence-corrected chi connectivity index (χ1v) is 12.5. The Morgan fingerprint density at radius 2 is 2.03 bits per heavy atom. The van der Waals surface area contributed by atoms with Crippen LogP contribution in [0.1, 0.15) is 72.6 Å². The van der Waals surface area contributed by atoms with Crippen molar-refractivity contribution < 1.29 is 15.0 Å². The van der Waals surface area contributed by atoms with Crippen molar-refractivity contribution in [2.75, 3.05) is 6.54 Å². The number of hydrogen-bond donors (Lipinski definition) is 3. The standard InChI is InChI=1S/C27H39NO3/c1-14-11-22(30)25(28-13-14)16(3)19-7-8-20-21-6-5-17-12-18(29)9-10-27(17,4)24(21)26(31)23(20)15(19)2/h5,14,16,18,20,22-23,25,28-30H,6-13H2,1-4H3/t14-,16+,18-,20-,22+,23-,25+,27+/m1/s1. The van der Waals surface area contributed by atoms with E-state index in [1.165, 1.54) is 22.3 Å². The van der Waals surface area contributed by atoms with Gasteiger partial charge in [-0.1, -0.05) is 49.1 Å². The topological polar surface area (TPSA) is 69.6 Å². The highest BCUT2D eigenvalue weighted by Crippen LogP contribution is 2.59. The molecule has 1 saturated carbocycles. The maximum Gasteiger partial charge on any atom is 0.167 e. The first-order chi connectivity index (χ1) is 14.7. The summed E-state index contributed by atoms with van der Waals surface area (Å²) in [7, 11) is 0. The summed E-state index contributed by atoms with van der Waals surface area (Å²) in [6.07, 6.45) is 7.97. The molecule has 0 spiro atoms. The summed E-state index contributed by atoms with van der Waals surface area (Å²) in [5, 5.41) is 24.5. The molecule has 1 heterocycles. The van der Waals surface area contributed by atoms with Gasteiger partial charge < -0.3 is 15.5 Å². The summed E-state index contributed by atoms with van der Waals surface area (Å²) in [5.41, 5.74) is 6.29. The Morgan fingerprint density at radius 3 is 2.77 bits per heavy atom. The zero-order chi connectivity index (χ0) is 22.1. The van der Waals surface area contributed by atoms with E-state index >= 15 is 0 Å². The summed E-state index contributed by atoms with van der Waals surface area (Å²) in [5.74, 6) is 1.46. The third-order valence-corrected chi connectivity index (χ3v) is 9.51. The van der Waals surface area contributed by atoms with E-state index in [0.29, 0.717) is 17.6 Å². The van der Waals surface area contributed by atoms with E-state index in [4.69, 9.17) is 0 Å². The fourth-order valence-electron chi connectivity index (χ4n) is 7.76. The Bertz CT molecular complexity index is 883. The van der Waals surface area contributed by atoms with E-state index < -0.39 is 0 Å². The maximum atomic E-state index is 13.9. The van der Waals surface area contributed by atoms with Gasteiger partial charge in [-0.3, -0.25) is 4.79 Å². The predicted molar refractivity (Wildman–Crippen MR) is 122 cm³/mol. The number of rotatable bonds is 2. The van der Waals surface area contributed by atoms with Crippen molar-refractivity contribution in [3.8, 4) is 0 Å². The van der Waals surface area contributed by atoms with Crippen LogP contribution < -0.4 is 5.32 Å². The summed E-state index contributed by atoms with van der Waals surface area (Å²) >= 11 is 0. The molecule has 5 rings (SSSR count). The van der Waals surface area contributed by atoms with Crippen LogP contribution in [0, 0.1) is 29.1 Å². The summed E-state index contributed by atoms with van der Waals surface area (Å²) in [6, 6.07) is 0.0856. The van der Waals surface area contributed by atoms with Gasteiger partial charge in [-0.05, 0) is 76.2 Å². The molecule has 3 N–H and O–H groups in total. The number of hydrogen-bond acceptors (Lipinski definition) is 4. The number of allylic oxidation sites excluding steroid dienone is 4. The minimum Gasteiger partial charge on any atom is -0.393 e. The smallest absolute Gasteiger partial charge is 0.167 e. The minimum absolute atomic E-state index is 0.00715. The third-order valence-electron chi connectivity index (χ3n) is 9.51. The second-order valence-electron chi connectivity index (χ2n) is 11.4. The van der Waals surface area contributed by atoms with Crippen LogP contribution in [-0.4, -0.2) is 40.8 Å². The molecule has 0 unspecified atom stereocenters. The average molecular weight is 426 g/mol. The molecule has 4 aliphatic carbocycles. The lowest BCUT2D eigenvalue weighted by molar-refractivity contribution is -0.119. The van der Waals surface area contributed by atoms with Crippen LogP contribution in [0.25, 0.3) is 0 Å². The Hall–Kier alpha value is -1.23. The SMILES string of the molecule is CC1=C([C@H](C)[C@@H]2NC[C@H](C)C[C@@H]2O)CC[C@@H]2C3=C(C(=O)[C@H]12)[C@@]1(C)CC[C@@H](O)CC1=CC3. The van der Waals surface area contributed by atoms with Gasteiger partial charge in [0.2, 0.25) is 0 Å². The highest BCUT2D eigenvalue weighted by Gasteiger charge is 2.53. The molecule has 31 heavy (non-hydrogen) atoms. The number of carbonyl (C=O) groups is 1. The van der Waals surface area contributed by atoms with Crippen molar-refractivity contribution in [3.63, 3.8) is 0 Å². The van der Waals surface area contributed by atoms with Crippen LogP contribution in [0.5, 0.6) is 0 Å². The molecule has 2 fully saturated rings. The van der Waals surface area contributed by atoms with Crippen LogP contribution in [0.2, 0.25) is 0 Å². The average Bonchev–Trinajstić information content (AvgIpc) is 3.02. The Kier molecular flexibility index (Phi) is 5.35. The van der Waals surface area contributed by atoms with Gasteiger partial charge in [-0.15, -0.1) is 0 Å². The van der Waals surface area contributed by atoms with Crippen LogP contribution in [0.15, 0.2) is 33.9 Å². The van der Waals surface area contributed by atoms with Gasteiger partial charge in [-0.25, -0.2) is 0 Å². The molecule has 8 atom stereocenters. The van der Waals surface area contributed by atoms with Crippen molar-refractivity contribution in [2.24, 2.45) is 29.1 Å². The highest BCUT2D eigenvalue weighted by molar-refractivity contribution is 6.05. The number of fused-ring (bicyclic) bond motifs is 4. The molecule has 170 valence electrons. The summed E-state index contributed by atoms with van der Waals surface area (Å²) in [6.45, 7) is 9.83. The highest BCUT2D eigenvalue weighted by atomic mass is 16.3. The van der Waals surface area contributed by atoms with E-state index in [-0.39, 0.29) is 35.5 Å². The summed E-state index contributed by atoms with van der Waals surface area (Å²) < 4.78 is 0. The zero-order valence-electron chi connectivity index (χ0n) is 19.6. The molecule has 4 heteroatoms. The lowest BCUT2D eigenvalue weighted by Gasteiger charge is -2.42. The first-order valence-electron chi connectivity index (χ1n) is 12.5.